The molecule has 1 aliphatic rings. The molecular weight excluding hydrogens is 342 g/mol. The molecule has 0 radical (unpaired) electrons. The molecule has 4 rings (SSSR count). The van der Waals surface area contributed by atoms with Gasteiger partial charge in [-0.25, -0.2) is 9.31 Å². The normalized spacial score (nSPS) is 15.0. The van der Waals surface area contributed by atoms with E-state index in [2.05, 4.69) is 5.10 Å². The smallest absolute Gasteiger partial charge is 0.410 e. The molecule has 3 heterocycles. The quantitative estimate of drug-likeness (QED) is 0.665. The second kappa shape index (κ2) is 7.61. The molecule has 1 amide bonds. The lowest BCUT2D eigenvalue weighted by Gasteiger charge is -2.30. The minimum Gasteiger partial charge on any atom is -0.445 e. The Morgan fingerprint density at radius 2 is 1.85 bits per heavy atom. The number of piperidine rings is 1. The van der Waals surface area contributed by atoms with Gasteiger partial charge in [0.15, 0.2) is 5.78 Å². The van der Waals surface area contributed by atoms with E-state index < -0.39 is 0 Å². The van der Waals surface area contributed by atoms with Gasteiger partial charge in [0.25, 0.3) is 0 Å². The molecule has 6 nitrogen and oxygen atoms in total. The Labute approximate surface area is 157 Å². The summed E-state index contributed by atoms with van der Waals surface area (Å²) in [6.07, 6.45) is 4.51. The fraction of sp³-hybridized carbons (Fsp3) is 0.286. The fourth-order valence-corrected chi connectivity index (χ4v) is 3.45. The highest BCUT2D eigenvalue weighted by Gasteiger charge is 2.28. The van der Waals surface area contributed by atoms with Gasteiger partial charge in [-0.3, -0.25) is 4.79 Å². The van der Waals surface area contributed by atoms with Gasteiger partial charge in [-0.1, -0.05) is 30.3 Å². The second-order valence-electron chi connectivity index (χ2n) is 6.78. The van der Waals surface area contributed by atoms with Gasteiger partial charge in [0.1, 0.15) is 6.61 Å². The first kappa shape index (κ1) is 17.3. The Morgan fingerprint density at radius 3 is 2.63 bits per heavy atom. The number of carbonyl (C=O) groups is 2. The number of aromatic nitrogens is 2. The van der Waals surface area contributed by atoms with E-state index in [1.807, 2.05) is 48.5 Å². The second-order valence-corrected chi connectivity index (χ2v) is 6.78. The van der Waals surface area contributed by atoms with Crippen LogP contribution in [0.5, 0.6) is 0 Å². The van der Waals surface area contributed by atoms with Crippen LogP contribution in [0.4, 0.5) is 4.79 Å². The summed E-state index contributed by atoms with van der Waals surface area (Å²) in [6, 6.07) is 15.2. The van der Waals surface area contributed by atoms with Crippen LogP contribution in [0, 0.1) is 5.92 Å². The summed E-state index contributed by atoms with van der Waals surface area (Å²) in [5, 5.41) is 4.15. The average Bonchev–Trinajstić information content (AvgIpc) is 3.20. The summed E-state index contributed by atoms with van der Waals surface area (Å²) in [6.45, 7) is 1.35. The first-order valence-corrected chi connectivity index (χ1v) is 9.14. The number of Topliss-reactive ketones (excluding diaryl/α,β-unsaturated/α-hetero) is 1. The lowest BCUT2D eigenvalue weighted by Crippen LogP contribution is -2.40. The number of amides is 1. The lowest BCUT2D eigenvalue weighted by molar-refractivity contribution is 0.0713. The molecule has 6 heteroatoms. The molecule has 0 unspecified atom stereocenters. The third-order valence-electron chi connectivity index (χ3n) is 5.01. The molecule has 1 saturated heterocycles. The van der Waals surface area contributed by atoms with Gasteiger partial charge in [0.2, 0.25) is 0 Å². The minimum absolute atomic E-state index is 0.0615. The molecule has 0 aliphatic carbocycles. The van der Waals surface area contributed by atoms with E-state index in [-0.39, 0.29) is 24.4 Å². The van der Waals surface area contributed by atoms with Gasteiger partial charge >= 0.3 is 6.09 Å². The number of carbonyl (C=O) groups excluding carboxylic acids is 2. The van der Waals surface area contributed by atoms with Crippen molar-refractivity contribution in [1.82, 2.24) is 14.5 Å². The molecule has 0 N–H and O–H groups in total. The number of rotatable bonds is 4. The van der Waals surface area contributed by atoms with E-state index in [1.165, 1.54) is 0 Å². The van der Waals surface area contributed by atoms with Crippen LogP contribution in [0.2, 0.25) is 0 Å². The summed E-state index contributed by atoms with van der Waals surface area (Å²) in [5.74, 6) is 0.0737. The van der Waals surface area contributed by atoms with E-state index in [9.17, 15) is 9.59 Å². The molecular formula is C21H21N3O3. The van der Waals surface area contributed by atoms with Crippen molar-refractivity contribution in [2.45, 2.75) is 19.4 Å². The van der Waals surface area contributed by atoms with Crippen LogP contribution < -0.4 is 0 Å². The van der Waals surface area contributed by atoms with Crippen LogP contribution in [0.3, 0.4) is 0 Å². The zero-order chi connectivity index (χ0) is 18.6. The Morgan fingerprint density at radius 1 is 1.07 bits per heavy atom. The first-order valence-electron chi connectivity index (χ1n) is 9.14. The summed E-state index contributed by atoms with van der Waals surface area (Å²) < 4.78 is 7.12. The van der Waals surface area contributed by atoms with E-state index >= 15 is 0 Å². The Balaban J connectivity index is 1.31. The van der Waals surface area contributed by atoms with Crippen molar-refractivity contribution >= 4 is 17.4 Å². The number of pyridine rings is 1. The van der Waals surface area contributed by atoms with Gasteiger partial charge < -0.3 is 9.64 Å². The van der Waals surface area contributed by atoms with Crippen molar-refractivity contribution in [1.29, 1.82) is 0 Å². The zero-order valence-corrected chi connectivity index (χ0v) is 15.0. The molecule has 0 atom stereocenters. The highest BCUT2D eigenvalue weighted by Crippen LogP contribution is 2.23. The van der Waals surface area contributed by atoms with Crippen molar-refractivity contribution in [3.63, 3.8) is 0 Å². The molecule has 138 valence electrons. The maximum atomic E-state index is 12.8. The van der Waals surface area contributed by atoms with E-state index in [1.54, 1.807) is 21.8 Å². The maximum Gasteiger partial charge on any atom is 0.410 e. The predicted molar refractivity (Wildman–Crippen MR) is 100 cm³/mol. The number of ketones is 1. The number of hydrogen-bond acceptors (Lipinski definition) is 4. The summed E-state index contributed by atoms with van der Waals surface area (Å²) in [7, 11) is 0. The van der Waals surface area contributed by atoms with E-state index in [0.29, 0.717) is 31.5 Å². The number of benzene rings is 1. The zero-order valence-electron chi connectivity index (χ0n) is 15.0. The highest BCUT2D eigenvalue weighted by atomic mass is 16.6. The fourth-order valence-electron chi connectivity index (χ4n) is 3.45. The molecule has 0 spiro atoms. The summed E-state index contributed by atoms with van der Waals surface area (Å²) >= 11 is 0. The number of nitrogens with zero attached hydrogens (tertiary/aromatic N) is 3. The van der Waals surface area contributed by atoms with E-state index in [0.717, 1.165) is 11.1 Å². The van der Waals surface area contributed by atoms with Crippen LogP contribution in [0.15, 0.2) is 60.9 Å². The minimum atomic E-state index is -0.314. The van der Waals surface area contributed by atoms with Crippen molar-refractivity contribution in [3.8, 4) is 0 Å². The van der Waals surface area contributed by atoms with Crippen LogP contribution >= 0.6 is 0 Å². The number of fused-ring (bicyclic) bond motifs is 1. The summed E-state index contributed by atoms with van der Waals surface area (Å²) in [5.41, 5.74) is 2.57. The van der Waals surface area contributed by atoms with Gasteiger partial charge in [0.05, 0.1) is 5.52 Å². The molecule has 1 fully saturated rings. The largest absolute Gasteiger partial charge is 0.445 e. The number of likely N-dealkylation sites (tertiary alicyclic amines) is 1. The van der Waals surface area contributed by atoms with Crippen molar-refractivity contribution in [2.75, 3.05) is 13.1 Å². The predicted octanol–water partition coefficient (Wildman–Crippen LogP) is 3.57. The lowest BCUT2D eigenvalue weighted by atomic mass is 9.89. The van der Waals surface area contributed by atoms with Gasteiger partial charge in [-0.05, 0) is 36.6 Å². The highest BCUT2D eigenvalue weighted by molar-refractivity contribution is 5.98. The van der Waals surface area contributed by atoms with Crippen molar-refractivity contribution in [2.24, 2.45) is 5.92 Å². The molecule has 27 heavy (non-hydrogen) atoms. The van der Waals surface area contributed by atoms with Crippen LogP contribution in [0.25, 0.3) is 5.52 Å². The molecule has 2 aromatic heterocycles. The Kier molecular flexibility index (Phi) is 4.87. The molecule has 1 aliphatic heterocycles. The molecule has 0 saturated carbocycles. The van der Waals surface area contributed by atoms with Crippen LogP contribution in [-0.2, 0) is 11.3 Å². The number of hydrogen-bond donors (Lipinski definition) is 0. The maximum absolute atomic E-state index is 12.8. The molecule has 3 aromatic rings. The third kappa shape index (κ3) is 3.84. The standard InChI is InChI=1S/C21H21N3O3/c25-20(18-9-13-24-19(14-18)6-10-22-24)17-7-11-23(12-8-17)21(26)27-15-16-4-2-1-3-5-16/h1-6,9-10,13-14,17H,7-8,11-12,15H2. The molecule has 1 aromatic carbocycles. The van der Waals surface area contributed by atoms with Crippen molar-refractivity contribution in [3.05, 3.63) is 72.1 Å². The topological polar surface area (TPSA) is 63.9 Å². The summed E-state index contributed by atoms with van der Waals surface area (Å²) in [4.78, 5) is 26.7. The first-order chi connectivity index (χ1) is 13.2. The van der Waals surface area contributed by atoms with Gasteiger partial charge in [-0.15, -0.1) is 0 Å². The van der Waals surface area contributed by atoms with Gasteiger partial charge in [0, 0.05) is 37.0 Å². The number of ether oxygens (including phenoxy) is 1. The monoisotopic (exact) mass is 363 g/mol. The van der Waals surface area contributed by atoms with E-state index in [4.69, 9.17) is 4.74 Å². The van der Waals surface area contributed by atoms with Crippen LogP contribution in [-0.4, -0.2) is 39.5 Å². The Hall–Kier alpha value is -3.15. The average molecular weight is 363 g/mol. The van der Waals surface area contributed by atoms with Gasteiger partial charge in [-0.2, -0.15) is 5.10 Å². The third-order valence-corrected chi connectivity index (χ3v) is 5.01. The van der Waals surface area contributed by atoms with Crippen LogP contribution in [0.1, 0.15) is 28.8 Å². The SMILES string of the molecule is O=C(c1ccn2nccc2c1)C1CCN(C(=O)OCc2ccccc2)CC1. The van der Waals surface area contributed by atoms with Crippen molar-refractivity contribution < 1.29 is 14.3 Å². The molecule has 0 bridgehead atoms. The Bertz CT molecular complexity index is 943.